The van der Waals surface area contributed by atoms with Crippen molar-refractivity contribution in [3.63, 3.8) is 0 Å². The number of carbonyl (C=O) groups excluding carboxylic acids is 1. The Bertz CT molecular complexity index is 324. The van der Waals surface area contributed by atoms with Gasteiger partial charge in [-0.2, -0.15) is 8.42 Å². The van der Waals surface area contributed by atoms with Gasteiger partial charge in [-0.15, -0.1) is 0 Å². The first-order valence-electron chi connectivity index (χ1n) is 4.36. The summed E-state index contributed by atoms with van der Waals surface area (Å²) in [4.78, 5) is 11.2. The smallest absolute Gasteiger partial charge is 0.270 e. The van der Waals surface area contributed by atoms with Crippen LogP contribution in [0.1, 0.15) is 20.8 Å². The zero-order valence-corrected chi connectivity index (χ0v) is 11.4. The van der Waals surface area contributed by atoms with Crippen LogP contribution in [0.4, 0.5) is 0 Å². The summed E-state index contributed by atoms with van der Waals surface area (Å²) in [5, 5.41) is 0. The molecule has 0 aromatic carbocycles. The highest BCUT2D eigenvalue weighted by atomic mass is 32.2. The summed E-state index contributed by atoms with van der Waals surface area (Å²) < 4.78 is 27.0. The fourth-order valence-corrected chi connectivity index (χ4v) is 4.43. The first kappa shape index (κ1) is 13.8. The molecule has 0 atom stereocenters. The number of ketones is 1. The van der Waals surface area contributed by atoms with E-state index >= 15 is 0 Å². The van der Waals surface area contributed by atoms with Crippen molar-refractivity contribution in [2.75, 3.05) is 0 Å². The topological polar surface area (TPSA) is 60.4 Å². The Hall–Kier alpha value is -0.203. The van der Waals surface area contributed by atoms with E-state index in [-0.39, 0.29) is 0 Å². The molecule has 84 valence electrons. The average Bonchev–Trinajstić information content (AvgIpc) is 1.80. The summed E-state index contributed by atoms with van der Waals surface area (Å²) in [6, 6.07) is 0. The van der Waals surface area contributed by atoms with Crippen LogP contribution in [0.3, 0.4) is 0 Å². The van der Waals surface area contributed by atoms with E-state index in [1.165, 1.54) is 20.8 Å². The van der Waals surface area contributed by atoms with Gasteiger partial charge in [0.2, 0.25) is 8.32 Å². The van der Waals surface area contributed by atoms with Crippen molar-refractivity contribution in [3.05, 3.63) is 0 Å². The van der Waals surface area contributed by atoms with Gasteiger partial charge in [0.05, 0.1) is 0 Å². The fourth-order valence-electron chi connectivity index (χ4n) is 0.609. The molecule has 0 unspecified atom stereocenters. The molecule has 0 saturated heterocycles. The zero-order valence-electron chi connectivity index (χ0n) is 9.54. The fraction of sp³-hybridized carbons (Fsp3) is 0.875. The maximum Gasteiger partial charge on any atom is 0.270 e. The van der Waals surface area contributed by atoms with Crippen LogP contribution in [-0.4, -0.2) is 27.3 Å². The Kier molecular flexibility index (Phi) is 3.69. The van der Waals surface area contributed by atoms with Crippen molar-refractivity contribution < 1.29 is 17.1 Å². The molecule has 0 radical (unpaired) electrons. The van der Waals surface area contributed by atoms with Crippen LogP contribution >= 0.6 is 0 Å². The van der Waals surface area contributed by atoms with E-state index in [4.69, 9.17) is 3.87 Å². The van der Waals surface area contributed by atoms with Gasteiger partial charge < -0.3 is 3.87 Å². The second-order valence-electron chi connectivity index (χ2n) is 4.72. The van der Waals surface area contributed by atoms with Crippen LogP contribution in [0, 0.1) is 0 Å². The number of rotatable bonds is 4. The molecule has 0 amide bonds. The van der Waals surface area contributed by atoms with Gasteiger partial charge in [0.15, 0.2) is 5.78 Å². The Morgan fingerprint density at radius 3 is 1.79 bits per heavy atom. The van der Waals surface area contributed by atoms with Crippen molar-refractivity contribution >= 4 is 24.2 Å². The highest BCUT2D eigenvalue weighted by molar-refractivity contribution is 7.90. The van der Waals surface area contributed by atoms with Gasteiger partial charge in [-0.3, -0.25) is 4.79 Å². The molecule has 0 aromatic rings. The standard InChI is InChI=1S/C8H18O4SSi/c1-7(9)8(2,3)13(10,11)12-14(4,5)6/h1-6H3. The quantitative estimate of drug-likeness (QED) is 0.697. The molecule has 0 saturated carbocycles. The molecule has 0 aliphatic carbocycles. The van der Waals surface area contributed by atoms with Crippen LogP contribution in [-0.2, 0) is 18.8 Å². The molecule has 0 N–H and O–H groups in total. The van der Waals surface area contributed by atoms with Crippen LogP contribution in [0.2, 0.25) is 19.6 Å². The molecule has 14 heavy (non-hydrogen) atoms. The lowest BCUT2D eigenvalue weighted by Crippen LogP contribution is -2.44. The highest BCUT2D eigenvalue weighted by Gasteiger charge is 2.42. The molecule has 0 aliphatic heterocycles. The SMILES string of the molecule is CC(=O)C(C)(C)S(=O)(=O)O[Si](C)(C)C. The molecule has 4 nitrogen and oxygen atoms in total. The van der Waals surface area contributed by atoms with Gasteiger partial charge in [0, 0.05) is 0 Å². The lowest BCUT2D eigenvalue weighted by atomic mass is 10.1. The Morgan fingerprint density at radius 2 is 1.57 bits per heavy atom. The lowest BCUT2D eigenvalue weighted by Gasteiger charge is -2.26. The molecule has 0 bridgehead atoms. The molecule has 6 heteroatoms. The third-order valence-electron chi connectivity index (χ3n) is 1.83. The van der Waals surface area contributed by atoms with Crippen LogP contribution in [0.15, 0.2) is 0 Å². The summed E-state index contributed by atoms with van der Waals surface area (Å²) >= 11 is 0. The van der Waals surface area contributed by atoms with E-state index in [2.05, 4.69) is 0 Å². The highest BCUT2D eigenvalue weighted by Crippen LogP contribution is 2.23. The maximum atomic E-state index is 11.7. The molecule has 0 heterocycles. The van der Waals surface area contributed by atoms with Crippen molar-refractivity contribution in [2.45, 2.75) is 45.2 Å². The molecular weight excluding hydrogens is 220 g/mol. The van der Waals surface area contributed by atoms with Crippen molar-refractivity contribution in [3.8, 4) is 0 Å². The minimum absolute atomic E-state index is 0.407. The second-order valence-corrected chi connectivity index (χ2v) is 11.5. The summed E-state index contributed by atoms with van der Waals surface area (Å²) in [6.07, 6.45) is 0. The first-order valence-corrected chi connectivity index (χ1v) is 9.18. The second kappa shape index (κ2) is 3.75. The summed E-state index contributed by atoms with van der Waals surface area (Å²) in [6.45, 7) is 9.28. The van der Waals surface area contributed by atoms with Crippen molar-refractivity contribution in [2.24, 2.45) is 0 Å². The molecule has 0 aromatic heterocycles. The number of Topliss-reactive ketones (excluding diaryl/α,β-unsaturated/α-hetero) is 1. The maximum absolute atomic E-state index is 11.7. The summed E-state index contributed by atoms with van der Waals surface area (Å²) in [5.41, 5.74) is 0. The number of hydrogen-bond donors (Lipinski definition) is 0. The van der Waals surface area contributed by atoms with E-state index in [0.717, 1.165) is 0 Å². The van der Waals surface area contributed by atoms with Crippen LogP contribution < -0.4 is 0 Å². The molecule has 0 spiro atoms. The Labute approximate surface area is 86.9 Å². The van der Waals surface area contributed by atoms with Gasteiger partial charge in [-0.1, -0.05) is 0 Å². The van der Waals surface area contributed by atoms with Gasteiger partial charge in [0.25, 0.3) is 10.1 Å². The molecular formula is C8H18O4SSi. The Morgan fingerprint density at radius 1 is 1.21 bits per heavy atom. The summed E-state index contributed by atoms with van der Waals surface area (Å²) in [7, 11) is -5.99. The number of hydrogen-bond acceptors (Lipinski definition) is 4. The van der Waals surface area contributed by atoms with E-state index in [0.29, 0.717) is 0 Å². The van der Waals surface area contributed by atoms with Crippen molar-refractivity contribution in [1.82, 2.24) is 0 Å². The summed E-state index contributed by atoms with van der Waals surface area (Å²) in [5.74, 6) is -0.407. The predicted octanol–water partition coefficient (Wildman–Crippen LogP) is 1.54. The van der Waals surface area contributed by atoms with Gasteiger partial charge in [-0.05, 0) is 40.4 Å². The minimum atomic E-state index is -3.80. The monoisotopic (exact) mass is 238 g/mol. The normalized spacial score (nSPS) is 14.1. The average molecular weight is 238 g/mol. The van der Waals surface area contributed by atoms with E-state index in [1.54, 1.807) is 19.6 Å². The van der Waals surface area contributed by atoms with Gasteiger partial charge in [-0.25, -0.2) is 0 Å². The van der Waals surface area contributed by atoms with E-state index in [9.17, 15) is 13.2 Å². The third kappa shape index (κ3) is 3.18. The zero-order chi connectivity index (χ0) is 11.8. The number of carbonyl (C=O) groups is 1. The largest absolute Gasteiger partial charge is 0.315 e. The minimum Gasteiger partial charge on any atom is -0.315 e. The molecule has 0 fully saturated rings. The predicted molar refractivity (Wildman–Crippen MR) is 58.1 cm³/mol. The van der Waals surface area contributed by atoms with Gasteiger partial charge in [0.1, 0.15) is 4.75 Å². The van der Waals surface area contributed by atoms with Crippen LogP contribution in [0.25, 0.3) is 0 Å². The first-order chi connectivity index (χ1) is 5.90. The Balaban J connectivity index is 5.09. The molecule has 0 rings (SSSR count). The van der Waals surface area contributed by atoms with E-state index in [1.807, 2.05) is 0 Å². The van der Waals surface area contributed by atoms with Crippen molar-refractivity contribution in [1.29, 1.82) is 0 Å². The lowest BCUT2D eigenvalue weighted by molar-refractivity contribution is -0.118. The molecule has 0 aliphatic rings. The van der Waals surface area contributed by atoms with E-state index < -0.39 is 29.0 Å². The van der Waals surface area contributed by atoms with Crippen LogP contribution in [0.5, 0.6) is 0 Å². The van der Waals surface area contributed by atoms with Gasteiger partial charge >= 0.3 is 0 Å². The third-order valence-corrected chi connectivity index (χ3v) is 6.25.